The molecule has 0 saturated carbocycles. The molecule has 1 saturated heterocycles. The summed E-state index contributed by atoms with van der Waals surface area (Å²) in [5.74, 6) is 0.363. The maximum atomic E-state index is 13.2. The minimum absolute atomic E-state index is 0.0237. The highest BCUT2D eigenvalue weighted by Gasteiger charge is 2.25. The first-order valence-corrected chi connectivity index (χ1v) is 11.9. The van der Waals surface area contributed by atoms with Gasteiger partial charge in [-0.15, -0.1) is 0 Å². The van der Waals surface area contributed by atoms with Crippen LogP contribution in [-0.4, -0.2) is 41.5 Å². The van der Waals surface area contributed by atoms with Crippen LogP contribution in [0.3, 0.4) is 0 Å². The van der Waals surface area contributed by atoms with Gasteiger partial charge in [-0.25, -0.2) is 4.79 Å². The largest absolute Gasteiger partial charge is 0.339 e. The Labute approximate surface area is 205 Å². The van der Waals surface area contributed by atoms with E-state index >= 15 is 0 Å². The Morgan fingerprint density at radius 3 is 2.46 bits per heavy atom. The zero-order valence-electron chi connectivity index (χ0n) is 19.8. The van der Waals surface area contributed by atoms with E-state index in [4.69, 9.17) is 5.26 Å². The van der Waals surface area contributed by atoms with Crippen molar-refractivity contribution >= 4 is 17.6 Å². The van der Waals surface area contributed by atoms with Crippen LogP contribution in [0, 0.1) is 18.3 Å². The number of pyridine rings is 1. The second-order valence-electron chi connectivity index (χ2n) is 8.82. The van der Waals surface area contributed by atoms with E-state index in [0.29, 0.717) is 48.8 Å². The van der Waals surface area contributed by atoms with Crippen molar-refractivity contribution in [1.29, 1.82) is 5.26 Å². The average Bonchev–Trinajstić information content (AvgIpc) is 2.90. The highest BCUT2D eigenvalue weighted by atomic mass is 16.2. The lowest BCUT2D eigenvalue weighted by molar-refractivity contribution is 0.0713. The van der Waals surface area contributed by atoms with Crippen LogP contribution in [0.1, 0.15) is 51.4 Å². The minimum atomic E-state index is -0.296. The quantitative estimate of drug-likeness (QED) is 0.552. The van der Waals surface area contributed by atoms with Crippen LogP contribution in [0.4, 0.5) is 10.5 Å². The summed E-state index contributed by atoms with van der Waals surface area (Å²) in [5.41, 5.74) is 5.07. The smallest absolute Gasteiger partial charge is 0.319 e. The van der Waals surface area contributed by atoms with E-state index in [0.717, 1.165) is 24.0 Å². The molecule has 1 aliphatic heterocycles. The zero-order valence-corrected chi connectivity index (χ0v) is 19.8. The summed E-state index contributed by atoms with van der Waals surface area (Å²) >= 11 is 0. The van der Waals surface area contributed by atoms with Gasteiger partial charge in [-0.05, 0) is 85.2 Å². The third-order valence-corrected chi connectivity index (χ3v) is 6.47. The standard InChI is InChI=1S/C28H29N5O2/c1-20-2-5-25(18-26(20)32-28(35)31-15-10-21-8-13-30-14-9-21)27(34)33-16-11-24(12-17-33)23-6-3-22(19-29)4-7-23/h2-9,13-14,18,24H,10-12,15-17H2,1H3,(H2,31,32,35). The SMILES string of the molecule is Cc1ccc(C(=O)N2CCC(c3ccc(C#N)cc3)CC2)cc1NC(=O)NCCc1ccncc1. The van der Waals surface area contributed by atoms with Crippen LogP contribution in [0.2, 0.25) is 0 Å². The second-order valence-corrected chi connectivity index (χ2v) is 8.82. The Bertz CT molecular complexity index is 1210. The number of aromatic nitrogens is 1. The Balaban J connectivity index is 1.31. The number of nitrogens with one attached hydrogen (secondary N) is 2. The van der Waals surface area contributed by atoms with Gasteiger partial charge in [0.1, 0.15) is 0 Å². The number of aryl methyl sites for hydroxylation is 1. The molecular formula is C28H29N5O2. The van der Waals surface area contributed by atoms with Crippen molar-refractivity contribution in [2.45, 2.75) is 32.1 Å². The lowest BCUT2D eigenvalue weighted by Gasteiger charge is -2.32. The van der Waals surface area contributed by atoms with Gasteiger partial charge in [-0.3, -0.25) is 9.78 Å². The first kappa shape index (κ1) is 24.0. The van der Waals surface area contributed by atoms with Gasteiger partial charge in [-0.1, -0.05) is 18.2 Å². The third-order valence-electron chi connectivity index (χ3n) is 6.47. The van der Waals surface area contributed by atoms with Crippen molar-refractivity contribution < 1.29 is 9.59 Å². The Hall–Kier alpha value is -4.18. The molecule has 3 aromatic rings. The van der Waals surface area contributed by atoms with E-state index in [1.54, 1.807) is 18.5 Å². The number of amides is 3. The van der Waals surface area contributed by atoms with Crippen molar-refractivity contribution in [3.8, 4) is 6.07 Å². The van der Waals surface area contributed by atoms with Crippen molar-refractivity contribution in [1.82, 2.24) is 15.2 Å². The van der Waals surface area contributed by atoms with E-state index in [1.165, 1.54) is 5.56 Å². The topological polar surface area (TPSA) is 98.1 Å². The van der Waals surface area contributed by atoms with Crippen LogP contribution in [0.25, 0.3) is 0 Å². The summed E-state index contributed by atoms with van der Waals surface area (Å²) in [6.07, 6.45) is 5.95. The summed E-state index contributed by atoms with van der Waals surface area (Å²) < 4.78 is 0. The maximum Gasteiger partial charge on any atom is 0.319 e. The number of rotatable bonds is 6. The fraction of sp³-hybridized carbons (Fsp3) is 0.286. The van der Waals surface area contributed by atoms with Gasteiger partial charge in [0, 0.05) is 43.3 Å². The lowest BCUT2D eigenvalue weighted by atomic mass is 9.89. The number of likely N-dealkylation sites (tertiary alicyclic amines) is 1. The highest BCUT2D eigenvalue weighted by molar-refractivity contribution is 5.97. The van der Waals surface area contributed by atoms with E-state index in [1.807, 2.05) is 60.4 Å². The summed E-state index contributed by atoms with van der Waals surface area (Å²) in [7, 11) is 0. The number of carbonyl (C=O) groups excluding carboxylic acids is 2. The fourth-order valence-electron chi connectivity index (χ4n) is 4.35. The predicted molar refractivity (Wildman–Crippen MR) is 135 cm³/mol. The van der Waals surface area contributed by atoms with Crippen LogP contribution < -0.4 is 10.6 Å². The fourth-order valence-corrected chi connectivity index (χ4v) is 4.35. The van der Waals surface area contributed by atoms with Crippen molar-refractivity contribution in [2.24, 2.45) is 0 Å². The first-order valence-electron chi connectivity index (χ1n) is 11.9. The Morgan fingerprint density at radius 2 is 1.77 bits per heavy atom. The van der Waals surface area contributed by atoms with Crippen LogP contribution in [0.5, 0.6) is 0 Å². The predicted octanol–water partition coefficient (Wildman–Crippen LogP) is 4.65. The van der Waals surface area contributed by atoms with Gasteiger partial charge in [0.15, 0.2) is 0 Å². The van der Waals surface area contributed by atoms with E-state index in [2.05, 4.69) is 21.7 Å². The third kappa shape index (κ3) is 6.24. The van der Waals surface area contributed by atoms with Crippen molar-refractivity contribution in [3.05, 3.63) is 94.8 Å². The highest BCUT2D eigenvalue weighted by Crippen LogP contribution is 2.29. The van der Waals surface area contributed by atoms with Crippen molar-refractivity contribution in [2.75, 3.05) is 25.0 Å². The van der Waals surface area contributed by atoms with Gasteiger partial charge in [-0.2, -0.15) is 5.26 Å². The van der Waals surface area contributed by atoms with E-state index in [9.17, 15) is 9.59 Å². The van der Waals surface area contributed by atoms with E-state index < -0.39 is 0 Å². The average molecular weight is 468 g/mol. The lowest BCUT2D eigenvalue weighted by Crippen LogP contribution is -2.38. The molecule has 178 valence electrons. The summed E-state index contributed by atoms with van der Waals surface area (Å²) in [6, 6.07) is 18.9. The summed E-state index contributed by atoms with van der Waals surface area (Å²) in [5, 5.41) is 14.7. The van der Waals surface area contributed by atoms with Gasteiger partial charge >= 0.3 is 6.03 Å². The molecule has 7 nitrogen and oxygen atoms in total. The summed E-state index contributed by atoms with van der Waals surface area (Å²) in [6.45, 7) is 3.76. The molecule has 2 aromatic carbocycles. The molecule has 0 aliphatic carbocycles. The summed E-state index contributed by atoms with van der Waals surface area (Å²) in [4.78, 5) is 31.4. The monoisotopic (exact) mass is 467 g/mol. The molecule has 1 aliphatic rings. The molecule has 0 unspecified atom stereocenters. The molecule has 1 fully saturated rings. The van der Waals surface area contributed by atoms with Crippen LogP contribution in [-0.2, 0) is 6.42 Å². The zero-order chi connectivity index (χ0) is 24.6. The van der Waals surface area contributed by atoms with Crippen LogP contribution >= 0.6 is 0 Å². The van der Waals surface area contributed by atoms with Gasteiger partial charge in [0.25, 0.3) is 5.91 Å². The number of piperidine rings is 1. The van der Waals surface area contributed by atoms with Crippen LogP contribution in [0.15, 0.2) is 67.0 Å². The number of hydrogen-bond acceptors (Lipinski definition) is 4. The molecule has 0 radical (unpaired) electrons. The molecule has 3 amide bonds. The molecule has 0 atom stereocenters. The number of urea groups is 1. The molecule has 4 rings (SSSR count). The minimum Gasteiger partial charge on any atom is -0.339 e. The number of nitrogens with zero attached hydrogens (tertiary/aromatic N) is 3. The first-order chi connectivity index (χ1) is 17.0. The molecule has 7 heteroatoms. The van der Waals surface area contributed by atoms with Gasteiger partial charge in [0.05, 0.1) is 11.6 Å². The number of anilines is 1. The maximum absolute atomic E-state index is 13.2. The van der Waals surface area contributed by atoms with E-state index in [-0.39, 0.29) is 11.9 Å². The normalized spacial score (nSPS) is 13.7. The van der Waals surface area contributed by atoms with Crippen molar-refractivity contribution in [3.63, 3.8) is 0 Å². The van der Waals surface area contributed by atoms with Gasteiger partial charge < -0.3 is 15.5 Å². The van der Waals surface area contributed by atoms with Gasteiger partial charge in [0.2, 0.25) is 0 Å². The molecule has 1 aromatic heterocycles. The molecule has 2 N–H and O–H groups in total. The molecule has 2 heterocycles. The number of hydrogen-bond donors (Lipinski definition) is 2. The Kier molecular flexibility index (Phi) is 7.74. The molecule has 35 heavy (non-hydrogen) atoms. The second kappa shape index (κ2) is 11.3. The number of benzene rings is 2. The Morgan fingerprint density at radius 1 is 1.06 bits per heavy atom. The number of nitriles is 1. The number of carbonyl (C=O) groups is 2. The molecule has 0 bridgehead atoms. The molecule has 0 spiro atoms. The molecular weight excluding hydrogens is 438 g/mol.